The summed E-state index contributed by atoms with van der Waals surface area (Å²) in [6, 6.07) is 31.9. The second-order valence-electron chi connectivity index (χ2n) is 12.7. The van der Waals surface area contributed by atoms with Gasteiger partial charge in [-0.25, -0.2) is 0 Å². The molecule has 0 saturated heterocycles. The number of halogens is 8. The van der Waals surface area contributed by atoms with E-state index in [9.17, 15) is 35.9 Å². The monoisotopic (exact) mass is 806 g/mol. The Morgan fingerprint density at radius 3 is 1.09 bits per heavy atom. The SMILES string of the molecule is CCC(Cl)c1ccc(C(=O)c2ccc(Oc3ccc(C(c4ccc(Oc5ccc(C(=O)c6ccc(Cl)cc6)cc5)cc4)(C(F)(F)F)C(F)(F)F)cc3)cc2)cc1. The summed E-state index contributed by atoms with van der Waals surface area (Å²) < 4.78 is 100. The zero-order valence-corrected chi connectivity index (χ0v) is 30.8. The van der Waals surface area contributed by atoms with E-state index >= 15 is 0 Å². The highest BCUT2D eigenvalue weighted by Crippen LogP contribution is 2.56. The summed E-state index contributed by atoms with van der Waals surface area (Å²) in [6.07, 6.45) is -10.9. The van der Waals surface area contributed by atoms with Gasteiger partial charge in [-0.1, -0.05) is 67.1 Å². The smallest absolute Gasteiger partial charge is 0.411 e. The second kappa shape index (κ2) is 16.3. The van der Waals surface area contributed by atoms with Crippen molar-refractivity contribution in [1.82, 2.24) is 0 Å². The highest BCUT2D eigenvalue weighted by atomic mass is 35.5. The van der Waals surface area contributed by atoms with E-state index in [-0.39, 0.29) is 39.9 Å². The first-order valence-corrected chi connectivity index (χ1v) is 17.9. The molecule has 1 atom stereocenters. The van der Waals surface area contributed by atoms with Crippen LogP contribution in [0.1, 0.15) is 67.3 Å². The van der Waals surface area contributed by atoms with E-state index in [1.807, 2.05) is 6.92 Å². The van der Waals surface area contributed by atoms with Crippen LogP contribution >= 0.6 is 23.2 Å². The van der Waals surface area contributed by atoms with Gasteiger partial charge in [0, 0.05) is 27.3 Å². The summed E-state index contributed by atoms with van der Waals surface area (Å²) >= 11 is 12.1. The Hall–Kier alpha value is -5.58. The van der Waals surface area contributed by atoms with Crippen LogP contribution in [0.2, 0.25) is 5.02 Å². The molecule has 0 bridgehead atoms. The van der Waals surface area contributed by atoms with Gasteiger partial charge in [0.15, 0.2) is 11.6 Å². The number of hydrogen-bond acceptors (Lipinski definition) is 4. The minimum Gasteiger partial charge on any atom is -0.457 e. The average molecular weight is 808 g/mol. The number of carbonyl (C=O) groups is 2. The van der Waals surface area contributed by atoms with Crippen molar-refractivity contribution in [1.29, 1.82) is 0 Å². The summed E-state index contributed by atoms with van der Waals surface area (Å²) in [6.45, 7) is 1.95. The van der Waals surface area contributed by atoms with Gasteiger partial charge in [-0.15, -0.1) is 11.6 Å². The van der Waals surface area contributed by atoms with Crippen molar-refractivity contribution < 1.29 is 45.4 Å². The van der Waals surface area contributed by atoms with Crippen LogP contribution in [0.25, 0.3) is 0 Å². The molecule has 6 aromatic carbocycles. The van der Waals surface area contributed by atoms with Gasteiger partial charge in [-0.2, -0.15) is 26.3 Å². The van der Waals surface area contributed by atoms with E-state index in [2.05, 4.69) is 0 Å². The van der Waals surface area contributed by atoms with Gasteiger partial charge in [-0.3, -0.25) is 9.59 Å². The van der Waals surface area contributed by atoms with E-state index in [4.69, 9.17) is 32.7 Å². The lowest BCUT2D eigenvalue weighted by Crippen LogP contribution is -2.54. The molecule has 0 spiro atoms. The lowest BCUT2D eigenvalue weighted by atomic mass is 9.73. The summed E-state index contributed by atoms with van der Waals surface area (Å²) in [5.74, 6) is -0.210. The number of hydrogen-bond donors (Lipinski definition) is 0. The zero-order valence-electron chi connectivity index (χ0n) is 29.3. The van der Waals surface area contributed by atoms with E-state index in [0.29, 0.717) is 27.3 Å². The number of ether oxygens (including phenoxy) is 2. The van der Waals surface area contributed by atoms with Gasteiger partial charge in [0.2, 0.25) is 5.41 Å². The third kappa shape index (κ3) is 8.32. The highest BCUT2D eigenvalue weighted by molar-refractivity contribution is 6.30. The number of benzene rings is 6. The predicted octanol–water partition coefficient (Wildman–Crippen LogP) is 13.5. The van der Waals surface area contributed by atoms with Crippen LogP contribution in [0.15, 0.2) is 146 Å². The van der Waals surface area contributed by atoms with Crippen molar-refractivity contribution in [3.05, 3.63) is 190 Å². The maximum Gasteiger partial charge on any atom is 0.411 e. The van der Waals surface area contributed by atoms with Gasteiger partial charge in [0.1, 0.15) is 23.0 Å². The van der Waals surface area contributed by atoms with Gasteiger partial charge in [-0.05, 0) is 120 Å². The van der Waals surface area contributed by atoms with Crippen LogP contribution in [0.3, 0.4) is 0 Å². The van der Waals surface area contributed by atoms with Crippen molar-refractivity contribution in [2.24, 2.45) is 0 Å². The van der Waals surface area contributed by atoms with Crippen LogP contribution in [-0.4, -0.2) is 23.9 Å². The fourth-order valence-corrected chi connectivity index (χ4v) is 6.43. The van der Waals surface area contributed by atoms with Crippen molar-refractivity contribution >= 4 is 34.8 Å². The molecule has 0 aliphatic rings. The topological polar surface area (TPSA) is 52.6 Å². The molecule has 0 aliphatic carbocycles. The zero-order chi connectivity index (χ0) is 40.3. The molecule has 1 unspecified atom stereocenters. The molecule has 6 rings (SSSR count). The Labute approximate surface area is 328 Å². The van der Waals surface area contributed by atoms with Crippen LogP contribution < -0.4 is 9.47 Å². The Morgan fingerprint density at radius 2 is 0.786 bits per heavy atom. The van der Waals surface area contributed by atoms with Crippen LogP contribution in [0, 0.1) is 0 Å². The van der Waals surface area contributed by atoms with E-state index in [1.54, 1.807) is 48.5 Å². The average Bonchev–Trinajstić information content (AvgIpc) is 3.18. The summed E-state index contributed by atoms with van der Waals surface area (Å²) in [4.78, 5) is 25.7. The highest BCUT2D eigenvalue weighted by Gasteiger charge is 2.72. The van der Waals surface area contributed by atoms with Crippen LogP contribution in [0.5, 0.6) is 23.0 Å². The third-order valence-corrected chi connectivity index (χ3v) is 9.94. The Bertz CT molecular complexity index is 2270. The molecule has 12 heteroatoms. The van der Waals surface area contributed by atoms with Gasteiger partial charge in [0.25, 0.3) is 0 Å². The first-order chi connectivity index (χ1) is 26.6. The van der Waals surface area contributed by atoms with E-state index in [1.165, 1.54) is 48.5 Å². The van der Waals surface area contributed by atoms with Crippen LogP contribution in [-0.2, 0) is 5.41 Å². The summed E-state index contributed by atoms with van der Waals surface area (Å²) in [7, 11) is 0. The third-order valence-electron chi connectivity index (χ3n) is 9.13. The number of ketones is 2. The fraction of sp³-hybridized carbons (Fsp3) is 0.136. The van der Waals surface area contributed by atoms with Gasteiger partial charge in [0.05, 0.1) is 5.38 Å². The maximum atomic E-state index is 14.8. The largest absolute Gasteiger partial charge is 0.457 e. The van der Waals surface area contributed by atoms with Crippen molar-refractivity contribution in [3.63, 3.8) is 0 Å². The number of carbonyl (C=O) groups excluding carboxylic acids is 2. The standard InChI is InChI=1S/C44H30Cl2F6O4/c1-2-39(46)27-3-5-28(6-4-27)40(53)30-9-19-35(20-10-30)55-37-23-13-32(14-24-37)42(43(47,48)49,44(50,51)52)33-15-25-38(26-16-33)56-36-21-11-31(12-22-36)41(54)29-7-17-34(45)18-8-29/h3-26,39H,2H2,1H3. The lowest BCUT2D eigenvalue weighted by molar-refractivity contribution is -0.288. The maximum absolute atomic E-state index is 14.8. The molecule has 0 amide bonds. The van der Waals surface area contributed by atoms with Crippen molar-refractivity contribution in [2.75, 3.05) is 0 Å². The molecular formula is C44H30Cl2F6O4. The molecule has 0 heterocycles. The van der Waals surface area contributed by atoms with E-state index in [0.717, 1.165) is 60.5 Å². The minimum absolute atomic E-state index is 0.0298. The Morgan fingerprint density at radius 1 is 0.500 bits per heavy atom. The fourth-order valence-electron chi connectivity index (χ4n) is 6.16. The Balaban J connectivity index is 1.18. The molecule has 56 heavy (non-hydrogen) atoms. The minimum atomic E-state index is -5.81. The lowest BCUT2D eigenvalue weighted by Gasteiger charge is -2.38. The van der Waals surface area contributed by atoms with Crippen molar-refractivity contribution in [2.45, 2.75) is 36.5 Å². The number of alkyl halides is 7. The molecular weight excluding hydrogens is 777 g/mol. The molecule has 6 aromatic rings. The quantitative estimate of drug-likeness (QED) is 0.0702. The number of rotatable bonds is 12. The molecule has 4 nitrogen and oxygen atoms in total. The van der Waals surface area contributed by atoms with Gasteiger partial charge >= 0.3 is 12.4 Å². The molecule has 0 saturated carbocycles. The summed E-state index contributed by atoms with van der Waals surface area (Å²) in [5.41, 5.74) is -4.17. The Kier molecular flexibility index (Phi) is 11.6. The van der Waals surface area contributed by atoms with Gasteiger partial charge < -0.3 is 9.47 Å². The molecule has 286 valence electrons. The molecule has 0 aliphatic heterocycles. The molecule has 0 radical (unpaired) electrons. The predicted molar refractivity (Wildman–Crippen MR) is 202 cm³/mol. The molecule has 0 fully saturated rings. The summed E-state index contributed by atoms with van der Waals surface area (Å²) in [5, 5.41) is 0.293. The van der Waals surface area contributed by atoms with Crippen molar-refractivity contribution in [3.8, 4) is 23.0 Å². The second-order valence-corrected chi connectivity index (χ2v) is 13.7. The normalized spacial score (nSPS) is 12.5. The first-order valence-electron chi connectivity index (χ1n) is 17.1. The van der Waals surface area contributed by atoms with Crippen LogP contribution in [0.4, 0.5) is 26.3 Å². The van der Waals surface area contributed by atoms with E-state index < -0.39 is 28.9 Å². The molecule has 0 N–H and O–H groups in total. The first kappa shape index (κ1) is 40.1. The molecule has 0 aromatic heterocycles.